The summed E-state index contributed by atoms with van der Waals surface area (Å²) in [7, 11) is 0. The van der Waals surface area contributed by atoms with Gasteiger partial charge in [-0.25, -0.2) is 0 Å². The lowest BCUT2D eigenvalue weighted by Gasteiger charge is -2.27. The number of ether oxygens (including phenoxy) is 1. The fraction of sp³-hybridized carbons (Fsp3) is 0.333. The summed E-state index contributed by atoms with van der Waals surface area (Å²) in [6.07, 6.45) is 0. The number of rotatable bonds is 2. The molecule has 1 aromatic carbocycles. The van der Waals surface area contributed by atoms with E-state index in [9.17, 15) is 0 Å². The quantitative estimate of drug-likeness (QED) is 0.887. The molecule has 1 aromatic rings. The van der Waals surface area contributed by atoms with Crippen LogP contribution in [-0.4, -0.2) is 19.3 Å². The summed E-state index contributed by atoms with van der Waals surface area (Å²) in [5.41, 5.74) is 1.16. The molecule has 1 aliphatic rings. The lowest BCUT2D eigenvalue weighted by molar-refractivity contribution is 0.0211. The van der Waals surface area contributed by atoms with Crippen molar-refractivity contribution in [3.05, 3.63) is 28.7 Å². The first-order chi connectivity index (χ1) is 5.84. The van der Waals surface area contributed by atoms with Gasteiger partial charge in [-0.15, -0.1) is 12.4 Å². The Kier molecular flexibility index (Phi) is 4.03. The molecule has 2 rings (SSSR count). The van der Waals surface area contributed by atoms with Crippen LogP contribution in [0.2, 0.25) is 0 Å². The third-order valence-corrected chi connectivity index (χ3v) is 2.38. The molecule has 0 saturated carbocycles. The maximum absolute atomic E-state index is 5.06. The number of hydrogen-bond acceptors (Lipinski definition) is 2. The second-order valence-electron chi connectivity index (χ2n) is 2.89. The first kappa shape index (κ1) is 10.8. The fourth-order valence-corrected chi connectivity index (χ4v) is 1.37. The Morgan fingerprint density at radius 1 is 1.23 bits per heavy atom. The molecule has 1 N–H and O–H groups in total. The average molecular weight is 265 g/mol. The largest absolute Gasteiger partial charge is 0.378 e. The molecule has 1 heterocycles. The highest BCUT2D eigenvalue weighted by Crippen LogP contribution is 2.16. The molecule has 0 aromatic heterocycles. The molecule has 0 aliphatic carbocycles. The summed E-state index contributed by atoms with van der Waals surface area (Å²) in [4.78, 5) is 0. The zero-order chi connectivity index (χ0) is 8.39. The maximum Gasteiger partial charge on any atom is 0.0728 e. The Morgan fingerprint density at radius 3 is 2.31 bits per heavy atom. The highest BCUT2D eigenvalue weighted by molar-refractivity contribution is 9.10. The van der Waals surface area contributed by atoms with Gasteiger partial charge in [0, 0.05) is 10.2 Å². The molecular weight excluding hydrogens is 253 g/mol. The van der Waals surface area contributed by atoms with Gasteiger partial charge in [-0.05, 0) is 24.3 Å². The van der Waals surface area contributed by atoms with Crippen molar-refractivity contribution in [1.82, 2.24) is 0 Å². The monoisotopic (exact) mass is 263 g/mol. The number of nitrogens with one attached hydrogen (secondary N) is 1. The maximum atomic E-state index is 5.06. The summed E-state index contributed by atoms with van der Waals surface area (Å²) in [5.74, 6) is 0. The van der Waals surface area contributed by atoms with Gasteiger partial charge in [0.1, 0.15) is 0 Å². The van der Waals surface area contributed by atoms with Crippen molar-refractivity contribution in [2.75, 3.05) is 18.5 Å². The molecule has 4 heteroatoms. The van der Waals surface area contributed by atoms with Gasteiger partial charge in [0.05, 0.1) is 19.3 Å². The van der Waals surface area contributed by atoms with Crippen LogP contribution in [0.15, 0.2) is 28.7 Å². The molecule has 1 fully saturated rings. The van der Waals surface area contributed by atoms with Gasteiger partial charge in [-0.2, -0.15) is 0 Å². The highest BCUT2D eigenvalue weighted by atomic mass is 79.9. The Morgan fingerprint density at radius 2 is 1.85 bits per heavy atom. The summed E-state index contributed by atoms with van der Waals surface area (Å²) in [6.45, 7) is 1.66. The third-order valence-electron chi connectivity index (χ3n) is 1.85. The molecule has 0 bridgehead atoms. The molecule has 0 amide bonds. The SMILES string of the molecule is Brc1ccc(NC2COC2)cc1.Cl. The van der Waals surface area contributed by atoms with Crippen molar-refractivity contribution in [1.29, 1.82) is 0 Å². The molecule has 0 radical (unpaired) electrons. The average Bonchev–Trinajstić information content (AvgIpc) is 2.00. The van der Waals surface area contributed by atoms with Crippen LogP contribution >= 0.6 is 28.3 Å². The second kappa shape index (κ2) is 4.84. The van der Waals surface area contributed by atoms with Crippen LogP contribution in [0.5, 0.6) is 0 Å². The Bertz CT molecular complexity index is 261. The van der Waals surface area contributed by atoms with Gasteiger partial charge < -0.3 is 10.1 Å². The van der Waals surface area contributed by atoms with Crippen LogP contribution < -0.4 is 5.32 Å². The van der Waals surface area contributed by atoms with E-state index in [1.165, 1.54) is 0 Å². The molecule has 13 heavy (non-hydrogen) atoms. The predicted molar refractivity (Wildman–Crippen MR) is 59.6 cm³/mol. The summed E-state index contributed by atoms with van der Waals surface area (Å²) < 4.78 is 6.17. The molecule has 0 unspecified atom stereocenters. The normalized spacial score (nSPS) is 15.8. The van der Waals surface area contributed by atoms with E-state index in [2.05, 4.69) is 33.4 Å². The first-order valence-corrected chi connectivity index (χ1v) is 4.74. The van der Waals surface area contributed by atoms with E-state index in [0.717, 1.165) is 23.4 Å². The van der Waals surface area contributed by atoms with E-state index in [0.29, 0.717) is 6.04 Å². The van der Waals surface area contributed by atoms with Crippen LogP contribution in [0.3, 0.4) is 0 Å². The minimum absolute atomic E-state index is 0. The van der Waals surface area contributed by atoms with Gasteiger partial charge in [0.15, 0.2) is 0 Å². The van der Waals surface area contributed by atoms with Crippen molar-refractivity contribution in [3.8, 4) is 0 Å². The number of anilines is 1. The van der Waals surface area contributed by atoms with Crippen LogP contribution in [-0.2, 0) is 4.74 Å². The van der Waals surface area contributed by atoms with Crippen molar-refractivity contribution in [2.45, 2.75) is 6.04 Å². The highest BCUT2D eigenvalue weighted by Gasteiger charge is 2.17. The molecule has 0 spiro atoms. The fourth-order valence-electron chi connectivity index (χ4n) is 1.10. The predicted octanol–water partition coefficient (Wildman–Crippen LogP) is 2.68. The van der Waals surface area contributed by atoms with E-state index < -0.39 is 0 Å². The first-order valence-electron chi connectivity index (χ1n) is 3.94. The van der Waals surface area contributed by atoms with Crippen LogP contribution in [0.1, 0.15) is 0 Å². The second-order valence-corrected chi connectivity index (χ2v) is 3.80. The van der Waals surface area contributed by atoms with Crippen molar-refractivity contribution >= 4 is 34.0 Å². The third kappa shape index (κ3) is 2.86. The van der Waals surface area contributed by atoms with Gasteiger partial charge in [-0.1, -0.05) is 15.9 Å². The molecular formula is C9H11BrClNO. The molecule has 2 nitrogen and oxygen atoms in total. The lowest BCUT2D eigenvalue weighted by atomic mass is 10.2. The van der Waals surface area contributed by atoms with Crippen LogP contribution in [0.4, 0.5) is 5.69 Å². The Balaban J connectivity index is 0.000000845. The van der Waals surface area contributed by atoms with Gasteiger partial charge in [0.2, 0.25) is 0 Å². The Hall–Kier alpha value is -0.250. The van der Waals surface area contributed by atoms with Crippen molar-refractivity contribution in [2.24, 2.45) is 0 Å². The minimum Gasteiger partial charge on any atom is -0.378 e. The molecule has 1 saturated heterocycles. The lowest BCUT2D eigenvalue weighted by Crippen LogP contribution is -2.40. The summed E-state index contributed by atoms with van der Waals surface area (Å²) in [6, 6.07) is 8.68. The van der Waals surface area contributed by atoms with E-state index in [1.54, 1.807) is 0 Å². The molecule has 72 valence electrons. The standard InChI is InChI=1S/C9H10BrNO.ClH/c10-7-1-3-8(4-2-7)11-9-5-12-6-9;/h1-4,9,11H,5-6H2;1H. The van der Waals surface area contributed by atoms with Gasteiger partial charge >= 0.3 is 0 Å². The zero-order valence-corrected chi connectivity index (χ0v) is 9.40. The van der Waals surface area contributed by atoms with E-state index >= 15 is 0 Å². The molecule has 0 atom stereocenters. The van der Waals surface area contributed by atoms with Gasteiger partial charge in [-0.3, -0.25) is 0 Å². The topological polar surface area (TPSA) is 21.3 Å². The van der Waals surface area contributed by atoms with Crippen molar-refractivity contribution in [3.63, 3.8) is 0 Å². The van der Waals surface area contributed by atoms with E-state index in [1.807, 2.05) is 12.1 Å². The van der Waals surface area contributed by atoms with Crippen LogP contribution in [0, 0.1) is 0 Å². The van der Waals surface area contributed by atoms with E-state index in [-0.39, 0.29) is 12.4 Å². The summed E-state index contributed by atoms with van der Waals surface area (Å²) >= 11 is 3.39. The summed E-state index contributed by atoms with van der Waals surface area (Å²) in [5, 5.41) is 3.36. The van der Waals surface area contributed by atoms with E-state index in [4.69, 9.17) is 4.74 Å². The smallest absolute Gasteiger partial charge is 0.0728 e. The van der Waals surface area contributed by atoms with Crippen LogP contribution in [0.25, 0.3) is 0 Å². The zero-order valence-electron chi connectivity index (χ0n) is 7.00. The van der Waals surface area contributed by atoms with Crippen molar-refractivity contribution < 1.29 is 4.74 Å². The van der Waals surface area contributed by atoms with Gasteiger partial charge in [0.25, 0.3) is 0 Å². The number of hydrogen-bond donors (Lipinski definition) is 1. The number of halogens is 2. The Labute approximate surface area is 92.2 Å². The number of benzene rings is 1. The molecule has 1 aliphatic heterocycles. The minimum atomic E-state index is 0.